The molecule has 10 heteroatoms. The van der Waals surface area contributed by atoms with Gasteiger partial charge in [0.1, 0.15) is 17.5 Å². The molecule has 0 N–H and O–H groups in total. The number of piperazine rings is 1. The van der Waals surface area contributed by atoms with Gasteiger partial charge in [0.2, 0.25) is 14.3 Å². The average Bonchev–Trinajstić information content (AvgIpc) is 3.24. The van der Waals surface area contributed by atoms with E-state index in [0.717, 1.165) is 27.8 Å². The lowest BCUT2D eigenvalue weighted by Crippen LogP contribution is -2.62. The Hall–Kier alpha value is -3.39. The van der Waals surface area contributed by atoms with E-state index in [9.17, 15) is 9.18 Å². The van der Waals surface area contributed by atoms with E-state index >= 15 is 0 Å². The SMILES string of the molecule is C=Nc1c(/C=C\CC(=O)N2CCN(C3=NC=C(P(OCC)OCC)C=CC3)CC2(C)C)c(-c2ccc(C)c(F)c2)cn1C(C)(C)C.CC. The average molecular weight is 680 g/mol. The van der Waals surface area contributed by atoms with E-state index in [1.165, 1.54) is 0 Å². The van der Waals surface area contributed by atoms with Crippen LogP contribution in [-0.2, 0) is 19.4 Å². The van der Waals surface area contributed by atoms with Crippen LogP contribution in [0.15, 0.2) is 64.1 Å². The zero-order chi connectivity index (χ0) is 35.6. The Bertz CT molecular complexity index is 1540. The van der Waals surface area contributed by atoms with Crippen LogP contribution in [0.2, 0.25) is 0 Å². The molecule has 1 saturated heterocycles. The third-order valence-corrected chi connectivity index (χ3v) is 9.83. The molecule has 8 nitrogen and oxygen atoms in total. The van der Waals surface area contributed by atoms with Crippen LogP contribution in [0.1, 0.15) is 86.3 Å². The van der Waals surface area contributed by atoms with Gasteiger partial charge in [-0.05, 0) is 79.3 Å². The molecule has 1 fully saturated rings. The van der Waals surface area contributed by atoms with Gasteiger partial charge in [-0.15, -0.1) is 0 Å². The molecule has 0 aliphatic carbocycles. The van der Waals surface area contributed by atoms with Crippen molar-refractivity contribution in [1.82, 2.24) is 14.4 Å². The van der Waals surface area contributed by atoms with Crippen LogP contribution in [0, 0.1) is 12.7 Å². The second-order valence-corrected chi connectivity index (χ2v) is 14.7. The summed E-state index contributed by atoms with van der Waals surface area (Å²) in [7, 11) is -1.15. The summed E-state index contributed by atoms with van der Waals surface area (Å²) in [5.74, 6) is 1.45. The molecule has 3 heterocycles. The highest BCUT2D eigenvalue weighted by Crippen LogP contribution is 2.48. The van der Waals surface area contributed by atoms with Gasteiger partial charge in [0.15, 0.2) is 0 Å². The first-order valence-corrected chi connectivity index (χ1v) is 18.2. The van der Waals surface area contributed by atoms with Crippen LogP contribution in [0.3, 0.4) is 0 Å². The van der Waals surface area contributed by atoms with E-state index in [1.54, 1.807) is 19.1 Å². The lowest BCUT2D eigenvalue weighted by Gasteiger charge is -2.48. The number of benzene rings is 1. The van der Waals surface area contributed by atoms with Gasteiger partial charge in [0.25, 0.3) is 0 Å². The lowest BCUT2D eigenvalue weighted by atomic mass is 9.97. The first-order valence-electron chi connectivity index (χ1n) is 17.0. The van der Waals surface area contributed by atoms with Crippen molar-refractivity contribution in [1.29, 1.82) is 0 Å². The zero-order valence-electron chi connectivity index (χ0n) is 30.6. The van der Waals surface area contributed by atoms with E-state index in [1.807, 2.05) is 63.2 Å². The Morgan fingerprint density at radius 3 is 2.44 bits per heavy atom. The fraction of sp³-hybridized carbons (Fsp3) is 0.500. The van der Waals surface area contributed by atoms with E-state index in [2.05, 4.69) is 67.9 Å². The summed E-state index contributed by atoms with van der Waals surface area (Å²) < 4.78 is 28.3. The van der Waals surface area contributed by atoms with Crippen molar-refractivity contribution < 1.29 is 18.2 Å². The molecule has 2 aromatic rings. The van der Waals surface area contributed by atoms with Gasteiger partial charge >= 0.3 is 0 Å². The van der Waals surface area contributed by atoms with Crippen LogP contribution >= 0.6 is 8.38 Å². The summed E-state index contributed by atoms with van der Waals surface area (Å²) in [6.45, 7) is 27.1. The number of nitrogens with zero attached hydrogens (tertiary/aromatic N) is 5. The predicted molar refractivity (Wildman–Crippen MR) is 201 cm³/mol. The maximum Gasteiger partial charge on any atom is 0.226 e. The van der Waals surface area contributed by atoms with Gasteiger partial charge in [-0.25, -0.2) is 14.4 Å². The largest absolute Gasteiger partial charge is 0.356 e. The van der Waals surface area contributed by atoms with Crippen LogP contribution < -0.4 is 0 Å². The maximum atomic E-state index is 14.6. The number of hydrogen-bond donors (Lipinski definition) is 0. The minimum absolute atomic E-state index is 0.0520. The third-order valence-electron chi connectivity index (χ3n) is 8.16. The van der Waals surface area contributed by atoms with Gasteiger partial charge in [-0.3, -0.25) is 4.79 Å². The number of amides is 1. The molecular formula is C38H55FN5O3P. The van der Waals surface area contributed by atoms with Gasteiger partial charge in [0, 0.05) is 66.9 Å². The number of halogens is 1. The van der Waals surface area contributed by atoms with E-state index in [-0.39, 0.29) is 23.7 Å². The molecule has 0 saturated carbocycles. The van der Waals surface area contributed by atoms with E-state index in [0.29, 0.717) is 50.7 Å². The van der Waals surface area contributed by atoms with Crippen molar-refractivity contribution in [3.05, 3.63) is 71.1 Å². The highest BCUT2D eigenvalue weighted by atomic mass is 31.2. The van der Waals surface area contributed by atoms with Gasteiger partial charge in [-0.1, -0.05) is 50.3 Å². The first kappa shape index (κ1) is 39.1. The number of amidine groups is 1. The highest BCUT2D eigenvalue weighted by Gasteiger charge is 2.37. The Labute approximate surface area is 289 Å². The normalized spacial score (nSPS) is 16.4. The molecule has 1 aromatic carbocycles. The van der Waals surface area contributed by atoms with Crippen molar-refractivity contribution in [2.45, 2.75) is 93.2 Å². The second-order valence-electron chi connectivity index (χ2n) is 13.1. The number of aromatic nitrogens is 1. The van der Waals surface area contributed by atoms with Crippen LogP contribution in [-0.4, -0.2) is 71.2 Å². The topological polar surface area (TPSA) is 71.7 Å². The van der Waals surface area contributed by atoms with Crippen molar-refractivity contribution in [3.8, 4) is 11.1 Å². The molecule has 0 radical (unpaired) electrons. The molecule has 2 aliphatic heterocycles. The molecule has 262 valence electrons. The molecule has 2 aliphatic rings. The fourth-order valence-corrected chi connectivity index (χ4v) is 7.04. The molecule has 0 spiro atoms. The Balaban J connectivity index is 0.00000307. The molecule has 0 bridgehead atoms. The molecule has 0 atom stereocenters. The standard InChI is InChI=1S/C36H49FN5O3P.C2H6/c1-10-44-46(45-11-2)28-14-12-16-32(39-23-28)40-20-21-41(36(7,8)25-40)33(43)17-13-15-29-30(27-19-18-26(3)31(37)22-27)24-42(34(29)38-9)35(4,5)6;1-2/h12-15,18-19,22-24H,9-11,16-17,20-21,25H2,1-8H3;1-2H3/b15-13-;. The highest BCUT2D eigenvalue weighted by molar-refractivity contribution is 7.52. The minimum atomic E-state index is -1.15. The smallest absolute Gasteiger partial charge is 0.226 e. The summed E-state index contributed by atoms with van der Waals surface area (Å²) in [5.41, 5.74) is 2.33. The Morgan fingerprint density at radius 2 is 1.85 bits per heavy atom. The summed E-state index contributed by atoms with van der Waals surface area (Å²) in [6, 6.07) is 5.25. The van der Waals surface area contributed by atoms with Crippen LogP contribution in [0.4, 0.5) is 10.2 Å². The minimum Gasteiger partial charge on any atom is -0.356 e. The number of carbonyl (C=O) groups excluding carboxylic acids is 1. The summed E-state index contributed by atoms with van der Waals surface area (Å²) in [6.07, 6.45) is 12.8. The second kappa shape index (κ2) is 17.3. The van der Waals surface area contributed by atoms with Crippen LogP contribution in [0.25, 0.3) is 17.2 Å². The number of aliphatic imine (C=N–C) groups is 2. The van der Waals surface area contributed by atoms with Crippen molar-refractivity contribution in [3.63, 3.8) is 0 Å². The fourth-order valence-electron chi connectivity index (χ4n) is 5.82. The van der Waals surface area contributed by atoms with E-state index < -0.39 is 13.9 Å². The lowest BCUT2D eigenvalue weighted by molar-refractivity contribution is -0.138. The van der Waals surface area contributed by atoms with Gasteiger partial charge in [0.05, 0.1) is 18.8 Å². The maximum absolute atomic E-state index is 14.6. The number of aryl methyl sites for hydroxylation is 1. The Morgan fingerprint density at radius 1 is 1.17 bits per heavy atom. The number of carbonyl (C=O) groups is 1. The van der Waals surface area contributed by atoms with Crippen molar-refractivity contribution in [2.24, 2.45) is 9.98 Å². The quantitative estimate of drug-likeness (QED) is 0.185. The van der Waals surface area contributed by atoms with E-state index in [4.69, 9.17) is 14.0 Å². The number of rotatable bonds is 10. The summed E-state index contributed by atoms with van der Waals surface area (Å²) >= 11 is 0. The first-order chi connectivity index (χ1) is 22.8. The summed E-state index contributed by atoms with van der Waals surface area (Å²) in [4.78, 5) is 27.1. The number of hydrogen-bond acceptors (Lipinski definition) is 6. The molecule has 48 heavy (non-hydrogen) atoms. The number of allylic oxidation sites excluding steroid dienone is 2. The van der Waals surface area contributed by atoms with Gasteiger partial charge < -0.3 is 23.4 Å². The summed E-state index contributed by atoms with van der Waals surface area (Å²) in [5, 5.41) is 0.955. The molecule has 0 unspecified atom stereocenters. The third kappa shape index (κ3) is 9.40. The Kier molecular flexibility index (Phi) is 14.1. The zero-order valence-corrected chi connectivity index (χ0v) is 31.5. The molecule has 1 aromatic heterocycles. The monoisotopic (exact) mass is 679 g/mol. The predicted octanol–water partition coefficient (Wildman–Crippen LogP) is 9.63. The van der Waals surface area contributed by atoms with Crippen molar-refractivity contribution >= 4 is 38.7 Å². The van der Waals surface area contributed by atoms with Crippen molar-refractivity contribution in [2.75, 3.05) is 32.8 Å². The molecule has 1 amide bonds. The molecular weight excluding hydrogens is 624 g/mol. The van der Waals surface area contributed by atoms with Gasteiger partial charge in [-0.2, -0.15) is 0 Å². The van der Waals surface area contributed by atoms with Crippen LogP contribution in [0.5, 0.6) is 0 Å². The molecule has 4 rings (SSSR count).